The molecule has 1 saturated carbocycles. The van der Waals surface area contributed by atoms with Crippen LogP contribution in [0.1, 0.15) is 29.7 Å². The van der Waals surface area contributed by atoms with Crippen LogP contribution in [0, 0.1) is 6.92 Å². The van der Waals surface area contributed by atoms with Crippen molar-refractivity contribution < 1.29 is 0 Å². The number of benzene rings is 1. The van der Waals surface area contributed by atoms with Gasteiger partial charge in [-0.05, 0) is 43.8 Å². The highest BCUT2D eigenvalue weighted by Crippen LogP contribution is 2.49. The predicted molar refractivity (Wildman–Crippen MR) is 76.0 cm³/mol. The van der Waals surface area contributed by atoms with E-state index >= 15 is 0 Å². The minimum atomic E-state index is 0.433. The Balaban J connectivity index is 2.13. The van der Waals surface area contributed by atoms with Crippen molar-refractivity contribution in [3.05, 3.63) is 34.7 Å². The molecule has 17 heavy (non-hydrogen) atoms. The monoisotopic (exact) mass is 245 g/mol. The van der Waals surface area contributed by atoms with Gasteiger partial charge in [0, 0.05) is 21.5 Å². The summed E-state index contributed by atoms with van der Waals surface area (Å²) in [5.41, 5.74) is 1.95. The van der Waals surface area contributed by atoms with Gasteiger partial charge in [0.05, 0.1) is 0 Å². The molecule has 0 saturated heterocycles. The first-order chi connectivity index (χ1) is 8.27. The highest BCUT2D eigenvalue weighted by molar-refractivity contribution is 7.19. The predicted octanol–water partition coefficient (Wildman–Crippen LogP) is 3.85. The third-order valence-corrected chi connectivity index (χ3v) is 5.67. The van der Waals surface area contributed by atoms with Crippen molar-refractivity contribution in [3.8, 4) is 0 Å². The van der Waals surface area contributed by atoms with Crippen LogP contribution in [-0.4, -0.2) is 13.6 Å². The average Bonchev–Trinajstić information content (AvgIpc) is 2.63. The number of thiophene rings is 1. The summed E-state index contributed by atoms with van der Waals surface area (Å²) in [4.78, 5) is 1.62. The van der Waals surface area contributed by atoms with E-state index in [2.05, 4.69) is 43.6 Å². The van der Waals surface area contributed by atoms with Crippen molar-refractivity contribution in [1.82, 2.24) is 5.32 Å². The van der Waals surface area contributed by atoms with Crippen LogP contribution in [0.25, 0.3) is 10.1 Å². The van der Waals surface area contributed by atoms with E-state index in [0.29, 0.717) is 5.41 Å². The second kappa shape index (κ2) is 4.11. The maximum Gasteiger partial charge on any atom is 0.0348 e. The van der Waals surface area contributed by atoms with Crippen molar-refractivity contribution in [1.29, 1.82) is 0 Å². The highest BCUT2D eigenvalue weighted by atomic mass is 32.1. The molecule has 0 spiro atoms. The Morgan fingerprint density at radius 3 is 2.65 bits per heavy atom. The molecule has 0 amide bonds. The van der Waals surface area contributed by atoms with E-state index in [1.807, 2.05) is 11.3 Å². The summed E-state index contributed by atoms with van der Waals surface area (Å²) < 4.78 is 1.45. The molecule has 3 rings (SSSR count). The van der Waals surface area contributed by atoms with Crippen LogP contribution >= 0.6 is 11.3 Å². The van der Waals surface area contributed by atoms with Gasteiger partial charge >= 0.3 is 0 Å². The summed E-state index contributed by atoms with van der Waals surface area (Å²) in [6.07, 6.45) is 4.08. The lowest BCUT2D eigenvalue weighted by molar-refractivity contribution is 0.243. The first kappa shape index (κ1) is 11.2. The molecule has 2 aromatic rings. The molecule has 1 nitrogen and oxygen atoms in total. The minimum absolute atomic E-state index is 0.433. The average molecular weight is 245 g/mol. The fourth-order valence-electron chi connectivity index (χ4n) is 3.11. The van der Waals surface area contributed by atoms with Gasteiger partial charge in [0.15, 0.2) is 0 Å². The summed E-state index contributed by atoms with van der Waals surface area (Å²) >= 11 is 2.01. The fourth-order valence-corrected chi connectivity index (χ4v) is 4.56. The maximum atomic E-state index is 3.39. The van der Waals surface area contributed by atoms with Gasteiger partial charge in [-0.1, -0.05) is 24.6 Å². The van der Waals surface area contributed by atoms with E-state index in [-0.39, 0.29) is 0 Å². The van der Waals surface area contributed by atoms with Gasteiger partial charge in [0.25, 0.3) is 0 Å². The lowest BCUT2D eigenvalue weighted by atomic mass is 9.67. The van der Waals surface area contributed by atoms with Gasteiger partial charge in [-0.25, -0.2) is 0 Å². The third-order valence-electron chi connectivity index (χ3n) is 4.15. The Morgan fingerprint density at radius 1 is 1.29 bits per heavy atom. The second-order valence-electron chi connectivity index (χ2n) is 5.22. The summed E-state index contributed by atoms with van der Waals surface area (Å²) in [5.74, 6) is 0. The molecule has 1 fully saturated rings. The second-order valence-corrected chi connectivity index (χ2v) is 6.27. The number of rotatable bonds is 3. The highest BCUT2D eigenvalue weighted by Gasteiger charge is 2.40. The van der Waals surface area contributed by atoms with Crippen LogP contribution in [0.2, 0.25) is 0 Å². The Kier molecular flexibility index (Phi) is 2.72. The van der Waals surface area contributed by atoms with E-state index < -0.39 is 0 Å². The normalized spacial score (nSPS) is 18.2. The Bertz CT molecular complexity index is 537. The molecular weight excluding hydrogens is 226 g/mol. The van der Waals surface area contributed by atoms with Crippen molar-refractivity contribution in [2.75, 3.05) is 13.6 Å². The van der Waals surface area contributed by atoms with Crippen molar-refractivity contribution in [3.63, 3.8) is 0 Å². The van der Waals surface area contributed by atoms with Crippen LogP contribution in [-0.2, 0) is 5.41 Å². The molecule has 0 bridgehead atoms. The van der Waals surface area contributed by atoms with Crippen LogP contribution in [0.3, 0.4) is 0 Å². The van der Waals surface area contributed by atoms with Crippen molar-refractivity contribution >= 4 is 21.4 Å². The molecule has 1 aliphatic rings. The van der Waals surface area contributed by atoms with E-state index in [4.69, 9.17) is 0 Å². The SMILES string of the molecule is CNCC1(c2sc3ccccc3c2C)CCC1. The number of aryl methyl sites for hydroxylation is 1. The lowest BCUT2D eigenvalue weighted by Crippen LogP contribution is -2.42. The molecule has 0 unspecified atom stereocenters. The largest absolute Gasteiger partial charge is 0.319 e. The fraction of sp³-hybridized carbons (Fsp3) is 0.467. The van der Waals surface area contributed by atoms with Crippen LogP contribution in [0.4, 0.5) is 0 Å². The van der Waals surface area contributed by atoms with Crippen LogP contribution in [0.5, 0.6) is 0 Å². The van der Waals surface area contributed by atoms with Gasteiger partial charge in [-0.15, -0.1) is 11.3 Å². The summed E-state index contributed by atoms with van der Waals surface area (Å²) in [6.45, 7) is 3.42. The lowest BCUT2D eigenvalue weighted by Gasteiger charge is -2.42. The standard InChI is InChI=1S/C15H19NS/c1-11-12-6-3-4-7-13(12)17-14(11)15(10-16-2)8-5-9-15/h3-4,6-7,16H,5,8-10H2,1-2H3. The number of hydrogen-bond acceptors (Lipinski definition) is 2. The Labute approximate surface area is 107 Å². The zero-order chi connectivity index (χ0) is 11.9. The van der Waals surface area contributed by atoms with Crippen LogP contribution in [0.15, 0.2) is 24.3 Å². The van der Waals surface area contributed by atoms with Crippen molar-refractivity contribution in [2.45, 2.75) is 31.6 Å². The van der Waals surface area contributed by atoms with E-state index in [1.54, 1.807) is 4.88 Å². The number of likely N-dealkylation sites (N-methyl/N-ethyl adjacent to an activating group) is 1. The van der Waals surface area contributed by atoms with Gasteiger partial charge in [0.2, 0.25) is 0 Å². The molecule has 2 heteroatoms. The Hall–Kier alpha value is -0.860. The summed E-state index contributed by atoms with van der Waals surface area (Å²) in [7, 11) is 2.07. The number of hydrogen-bond donors (Lipinski definition) is 1. The molecule has 1 heterocycles. The molecule has 0 radical (unpaired) electrons. The van der Waals surface area contributed by atoms with Crippen LogP contribution < -0.4 is 5.32 Å². The van der Waals surface area contributed by atoms with Crippen molar-refractivity contribution in [2.24, 2.45) is 0 Å². The summed E-state index contributed by atoms with van der Waals surface area (Å²) in [6, 6.07) is 8.81. The van der Waals surface area contributed by atoms with Gasteiger partial charge in [-0.3, -0.25) is 0 Å². The minimum Gasteiger partial charge on any atom is -0.319 e. The zero-order valence-corrected chi connectivity index (χ0v) is 11.4. The van der Waals surface area contributed by atoms with E-state index in [0.717, 1.165) is 6.54 Å². The first-order valence-electron chi connectivity index (χ1n) is 6.40. The molecule has 0 atom stereocenters. The smallest absolute Gasteiger partial charge is 0.0348 e. The molecule has 1 aliphatic carbocycles. The van der Waals surface area contributed by atoms with E-state index in [9.17, 15) is 0 Å². The molecule has 1 aromatic carbocycles. The van der Waals surface area contributed by atoms with E-state index in [1.165, 1.54) is 34.9 Å². The Morgan fingerprint density at radius 2 is 2.06 bits per heavy atom. The zero-order valence-electron chi connectivity index (χ0n) is 10.5. The topological polar surface area (TPSA) is 12.0 Å². The third kappa shape index (κ3) is 1.62. The number of fused-ring (bicyclic) bond motifs is 1. The van der Waals surface area contributed by atoms with Gasteiger partial charge in [0.1, 0.15) is 0 Å². The molecule has 1 aromatic heterocycles. The van der Waals surface area contributed by atoms with Gasteiger partial charge in [-0.2, -0.15) is 0 Å². The first-order valence-corrected chi connectivity index (χ1v) is 7.22. The number of nitrogens with one attached hydrogen (secondary N) is 1. The molecule has 1 N–H and O–H groups in total. The molecule has 90 valence electrons. The summed E-state index contributed by atoms with van der Waals surface area (Å²) in [5, 5.41) is 4.84. The molecule has 0 aliphatic heterocycles. The maximum absolute atomic E-state index is 3.39. The quantitative estimate of drug-likeness (QED) is 0.866. The van der Waals surface area contributed by atoms with Gasteiger partial charge < -0.3 is 5.32 Å². The molecular formula is C15H19NS.